The highest BCUT2D eigenvalue weighted by Gasteiger charge is 2.14. The summed E-state index contributed by atoms with van der Waals surface area (Å²) in [5, 5.41) is 4.81. The van der Waals surface area contributed by atoms with Crippen molar-refractivity contribution in [2.45, 2.75) is 12.8 Å². The summed E-state index contributed by atoms with van der Waals surface area (Å²) in [6.45, 7) is 0. The third kappa shape index (κ3) is 5.24. The zero-order valence-corrected chi connectivity index (χ0v) is 28.5. The van der Waals surface area contributed by atoms with Gasteiger partial charge in [0.05, 0.1) is 16.6 Å². The van der Waals surface area contributed by atoms with Gasteiger partial charge in [0.1, 0.15) is 12.0 Å². The van der Waals surface area contributed by atoms with Gasteiger partial charge in [-0.2, -0.15) is 0 Å². The lowest BCUT2D eigenvalue weighted by Crippen LogP contribution is -1.96. The van der Waals surface area contributed by atoms with Crippen LogP contribution in [0.2, 0.25) is 0 Å². The molecule has 0 saturated carbocycles. The maximum Gasteiger partial charge on any atom is 0.148 e. The Morgan fingerprint density at radius 1 is 0.365 bits per heavy atom. The summed E-state index contributed by atoms with van der Waals surface area (Å²) < 4.78 is 4.59. The molecule has 0 bridgehead atoms. The van der Waals surface area contributed by atoms with Crippen LogP contribution >= 0.6 is 0 Å². The number of benzene rings is 7. The summed E-state index contributed by atoms with van der Waals surface area (Å²) in [7, 11) is 0. The zero-order chi connectivity index (χ0) is 34.4. The van der Waals surface area contributed by atoms with E-state index in [0.717, 1.165) is 35.1 Å². The van der Waals surface area contributed by atoms with Gasteiger partial charge in [0.25, 0.3) is 0 Å². The predicted octanol–water partition coefficient (Wildman–Crippen LogP) is 11.5. The topological polar surface area (TPSA) is 35.6 Å². The molecule has 3 heterocycles. The van der Waals surface area contributed by atoms with E-state index >= 15 is 0 Å². The Morgan fingerprint density at radius 2 is 0.750 bits per heavy atom. The van der Waals surface area contributed by atoms with E-state index in [1.807, 2.05) is 6.20 Å². The lowest BCUT2D eigenvalue weighted by atomic mass is 9.98. The molecule has 0 atom stereocenters. The molecule has 10 rings (SSSR count). The van der Waals surface area contributed by atoms with Gasteiger partial charge in [-0.05, 0) is 88.7 Å². The van der Waals surface area contributed by atoms with E-state index < -0.39 is 0 Å². The van der Waals surface area contributed by atoms with Crippen molar-refractivity contribution in [2.24, 2.45) is 0 Å². The highest BCUT2D eigenvalue weighted by molar-refractivity contribution is 6.09. The first kappa shape index (κ1) is 30.1. The van der Waals surface area contributed by atoms with Crippen LogP contribution in [0, 0.1) is 0 Å². The van der Waals surface area contributed by atoms with E-state index in [4.69, 9.17) is 0 Å². The molecule has 10 aromatic rings. The van der Waals surface area contributed by atoms with Crippen LogP contribution < -0.4 is 0 Å². The Labute approximate surface area is 301 Å². The highest BCUT2D eigenvalue weighted by atomic mass is 15.1. The Balaban J connectivity index is 0.822. The van der Waals surface area contributed by atoms with Gasteiger partial charge in [-0.1, -0.05) is 127 Å². The maximum atomic E-state index is 4.62. The van der Waals surface area contributed by atoms with Crippen molar-refractivity contribution in [1.82, 2.24) is 19.1 Å². The number of para-hydroxylation sites is 3. The smallest absolute Gasteiger partial charge is 0.148 e. The van der Waals surface area contributed by atoms with Crippen molar-refractivity contribution in [2.75, 3.05) is 0 Å². The standard InChI is InChI=1S/C48H34N4/c1-4-10-45-41(7-1)42-8-2-5-11-46(42)51(45)39-25-17-35(18-26-39)29-33-13-21-37(22-14-33)38-23-15-34(16-24-38)30-36-19-27-40(28-20-36)52-47-12-6-3-9-43(47)44-31-49-32-50-48(44)52/h1-28,31-32H,29-30H2. The quantitative estimate of drug-likeness (QED) is 0.170. The molecule has 0 spiro atoms. The molecular weight excluding hydrogens is 633 g/mol. The molecule has 52 heavy (non-hydrogen) atoms. The summed E-state index contributed by atoms with van der Waals surface area (Å²) in [5.41, 5.74) is 14.5. The van der Waals surface area contributed by atoms with Crippen molar-refractivity contribution in [3.8, 4) is 22.5 Å². The molecule has 246 valence electrons. The fraction of sp³-hybridized carbons (Fsp3) is 0.0417. The molecule has 0 unspecified atom stereocenters. The van der Waals surface area contributed by atoms with Crippen molar-refractivity contribution >= 4 is 43.7 Å². The molecule has 0 aliphatic carbocycles. The highest BCUT2D eigenvalue weighted by Crippen LogP contribution is 2.33. The van der Waals surface area contributed by atoms with Crippen molar-refractivity contribution in [3.05, 3.63) is 205 Å². The molecular formula is C48H34N4. The molecule has 0 radical (unpaired) electrons. The molecule has 4 nitrogen and oxygen atoms in total. The summed E-state index contributed by atoms with van der Waals surface area (Å²) in [4.78, 5) is 8.89. The normalized spacial score (nSPS) is 11.6. The molecule has 0 fully saturated rings. The van der Waals surface area contributed by atoms with E-state index in [-0.39, 0.29) is 0 Å². The van der Waals surface area contributed by atoms with Crippen molar-refractivity contribution in [1.29, 1.82) is 0 Å². The number of hydrogen-bond acceptors (Lipinski definition) is 2. The van der Waals surface area contributed by atoms with Crippen LogP contribution in [0.25, 0.3) is 66.2 Å². The first-order chi connectivity index (χ1) is 25.8. The average Bonchev–Trinajstić information content (AvgIpc) is 3.73. The van der Waals surface area contributed by atoms with Crippen molar-refractivity contribution < 1.29 is 0 Å². The number of aromatic nitrogens is 4. The van der Waals surface area contributed by atoms with Gasteiger partial charge in [-0.25, -0.2) is 9.97 Å². The SMILES string of the molecule is c1ccc2c(c1)c1ccccc1n2-c1ccc(Cc2ccc(-c3ccc(Cc4ccc(-n5c6ccccc6c6cncnc65)cc4)cc3)cc2)cc1. The lowest BCUT2D eigenvalue weighted by Gasteiger charge is -2.10. The van der Waals surface area contributed by atoms with Gasteiger partial charge >= 0.3 is 0 Å². The predicted molar refractivity (Wildman–Crippen MR) is 215 cm³/mol. The maximum absolute atomic E-state index is 4.62. The Bertz CT molecular complexity index is 2550. The molecule has 0 aliphatic heterocycles. The summed E-state index contributed by atoms with van der Waals surface area (Å²) in [6.07, 6.45) is 5.30. The van der Waals surface area contributed by atoms with Gasteiger partial charge in [-0.15, -0.1) is 0 Å². The van der Waals surface area contributed by atoms with Gasteiger partial charge in [0.2, 0.25) is 0 Å². The summed E-state index contributed by atoms with van der Waals surface area (Å²) >= 11 is 0. The van der Waals surface area contributed by atoms with E-state index in [2.05, 4.69) is 189 Å². The van der Waals surface area contributed by atoms with Crippen LogP contribution in [-0.4, -0.2) is 19.1 Å². The van der Waals surface area contributed by atoms with Gasteiger partial charge < -0.3 is 4.57 Å². The second kappa shape index (κ2) is 12.5. The number of fused-ring (bicyclic) bond motifs is 6. The number of rotatable bonds is 7. The summed E-state index contributed by atoms with van der Waals surface area (Å²) in [5.74, 6) is 0. The van der Waals surface area contributed by atoms with Gasteiger partial charge in [0.15, 0.2) is 0 Å². The Kier molecular flexibility index (Phi) is 7.24. The fourth-order valence-corrected chi connectivity index (χ4v) is 7.79. The largest absolute Gasteiger partial charge is 0.309 e. The second-order valence-corrected chi connectivity index (χ2v) is 13.6. The molecule has 0 aliphatic rings. The monoisotopic (exact) mass is 666 g/mol. The molecule has 4 heteroatoms. The van der Waals surface area contributed by atoms with Crippen LogP contribution in [0.15, 0.2) is 182 Å². The summed E-state index contributed by atoms with van der Waals surface area (Å²) in [6, 6.07) is 61.6. The minimum absolute atomic E-state index is 0.879. The molecule has 0 saturated heterocycles. The van der Waals surface area contributed by atoms with Crippen molar-refractivity contribution in [3.63, 3.8) is 0 Å². The van der Waals surface area contributed by atoms with Crippen LogP contribution in [0.5, 0.6) is 0 Å². The number of nitrogens with zero attached hydrogens (tertiary/aromatic N) is 4. The van der Waals surface area contributed by atoms with Crippen LogP contribution in [-0.2, 0) is 12.8 Å². The fourth-order valence-electron chi connectivity index (χ4n) is 7.79. The lowest BCUT2D eigenvalue weighted by molar-refractivity contribution is 1.10. The van der Waals surface area contributed by atoms with Crippen LogP contribution in [0.1, 0.15) is 22.3 Å². The van der Waals surface area contributed by atoms with E-state index in [1.54, 1.807) is 6.33 Å². The van der Waals surface area contributed by atoms with Crippen LogP contribution in [0.3, 0.4) is 0 Å². The zero-order valence-electron chi connectivity index (χ0n) is 28.5. The van der Waals surface area contributed by atoms with E-state index in [0.29, 0.717) is 0 Å². The Hall–Kier alpha value is -6.78. The molecule has 0 N–H and O–H groups in total. The minimum Gasteiger partial charge on any atom is -0.309 e. The Morgan fingerprint density at radius 3 is 1.23 bits per heavy atom. The van der Waals surface area contributed by atoms with E-state index in [9.17, 15) is 0 Å². The third-order valence-electron chi connectivity index (χ3n) is 10.4. The van der Waals surface area contributed by atoms with Crippen LogP contribution in [0.4, 0.5) is 0 Å². The molecule has 3 aromatic heterocycles. The van der Waals surface area contributed by atoms with Gasteiger partial charge in [0, 0.05) is 39.1 Å². The van der Waals surface area contributed by atoms with E-state index in [1.165, 1.54) is 66.3 Å². The first-order valence-electron chi connectivity index (χ1n) is 17.8. The molecule has 0 amide bonds. The average molecular weight is 667 g/mol. The molecule has 7 aromatic carbocycles. The number of hydrogen-bond donors (Lipinski definition) is 0. The third-order valence-corrected chi connectivity index (χ3v) is 10.4. The second-order valence-electron chi connectivity index (χ2n) is 13.6. The first-order valence-corrected chi connectivity index (χ1v) is 17.8. The van der Waals surface area contributed by atoms with Gasteiger partial charge in [-0.3, -0.25) is 4.57 Å². The minimum atomic E-state index is 0.879.